The van der Waals surface area contributed by atoms with Crippen molar-refractivity contribution in [1.82, 2.24) is 0 Å². The number of halogens is 2. The van der Waals surface area contributed by atoms with Gasteiger partial charge >= 0.3 is 6.29 Å². The summed E-state index contributed by atoms with van der Waals surface area (Å²) in [6, 6.07) is 16.2. The van der Waals surface area contributed by atoms with Gasteiger partial charge in [-0.2, -0.15) is 0 Å². The molecule has 0 amide bonds. The number of hydrogen-bond donors (Lipinski definition) is 0. The molecule has 1 fully saturated rings. The predicted molar refractivity (Wildman–Crippen MR) is 124 cm³/mol. The van der Waals surface area contributed by atoms with Crippen molar-refractivity contribution >= 4 is 11.6 Å². The minimum absolute atomic E-state index is 0.0144. The molecule has 3 aromatic carbocycles. The van der Waals surface area contributed by atoms with E-state index in [1.165, 1.54) is 12.1 Å². The van der Waals surface area contributed by atoms with Gasteiger partial charge in [0.25, 0.3) is 0 Å². The molecule has 2 aliphatic rings. The zero-order valence-corrected chi connectivity index (χ0v) is 19.2. The zero-order chi connectivity index (χ0) is 24.3. The van der Waals surface area contributed by atoms with E-state index >= 15 is 0 Å². The summed E-state index contributed by atoms with van der Waals surface area (Å²) >= 11 is 0. The van der Waals surface area contributed by atoms with E-state index in [1.54, 1.807) is 13.0 Å². The number of ketones is 2. The normalized spacial score (nSPS) is 16.9. The lowest BCUT2D eigenvalue weighted by atomic mass is 9.86. The van der Waals surface area contributed by atoms with Gasteiger partial charge in [-0.05, 0) is 79.1 Å². The van der Waals surface area contributed by atoms with Crippen LogP contribution < -0.4 is 9.47 Å². The van der Waals surface area contributed by atoms with Crippen LogP contribution in [0.2, 0.25) is 0 Å². The predicted octanol–water partition coefficient (Wildman–Crippen LogP) is 6.34. The average molecular weight is 462 g/mol. The van der Waals surface area contributed by atoms with E-state index in [-0.39, 0.29) is 29.5 Å². The smallest absolute Gasteiger partial charge is 0.395 e. The summed E-state index contributed by atoms with van der Waals surface area (Å²) in [7, 11) is 0. The number of carbonyl (C=O) groups excluding carboxylic acids is 2. The maximum absolute atomic E-state index is 13.4. The molecule has 1 aliphatic heterocycles. The minimum Gasteiger partial charge on any atom is -0.395 e. The number of hydrogen-bond acceptors (Lipinski definition) is 4. The van der Waals surface area contributed by atoms with Crippen LogP contribution in [0, 0.1) is 13.8 Å². The number of alkyl halides is 2. The van der Waals surface area contributed by atoms with Crippen LogP contribution in [0.3, 0.4) is 0 Å². The molecule has 34 heavy (non-hydrogen) atoms. The minimum atomic E-state index is -3.68. The standard InChI is InChI=1S/C28H24F2O4/c1-16-7-8-19(13-23(16)22-6-4-5-21(17(22)2)18(3)31)14-26(32)27(11-12-27)20-9-10-24-25(15-20)34-28(29,30)33-24/h4-10,13,15H,11-12,14H2,1-3H3. The van der Waals surface area contributed by atoms with Crippen LogP contribution in [0.5, 0.6) is 11.5 Å². The Morgan fingerprint density at radius 3 is 2.35 bits per heavy atom. The molecule has 0 N–H and O–H groups in total. The molecule has 0 bridgehead atoms. The van der Waals surface area contributed by atoms with Crippen LogP contribution >= 0.6 is 0 Å². The number of fused-ring (bicyclic) bond motifs is 1. The fourth-order valence-corrected chi connectivity index (χ4v) is 4.83. The van der Waals surface area contributed by atoms with Gasteiger partial charge in [0.05, 0.1) is 5.41 Å². The van der Waals surface area contributed by atoms with Crippen molar-refractivity contribution < 1.29 is 27.8 Å². The summed E-state index contributed by atoms with van der Waals surface area (Å²) in [5.74, 6) is -0.00833. The van der Waals surface area contributed by atoms with E-state index in [0.29, 0.717) is 24.0 Å². The van der Waals surface area contributed by atoms with Crippen molar-refractivity contribution in [3.8, 4) is 22.6 Å². The Kier molecular flexibility index (Phi) is 5.08. The fraction of sp³-hybridized carbons (Fsp3) is 0.286. The van der Waals surface area contributed by atoms with Crippen LogP contribution in [-0.4, -0.2) is 17.9 Å². The lowest BCUT2D eigenvalue weighted by Gasteiger charge is -2.17. The first-order valence-electron chi connectivity index (χ1n) is 11.2. The highest BCUT2D eigenvalue weighted by atomic mass is 19.3. The van der Waals surface area contributed by atoms with E-state index in [9.17, 15) is 18.4 Å². The van der Waals surface area contributed by atoms with E-state index < -0.39 is 11.7 Å². The second kappa shape index (κ2) is 7.76. The first-order chi connectivity index (χ1) is 16.1. The molecule has 0 aromatic heterocycles. The van der Waals surface area contributed by atoms with Crippen molar-refractivity contribution in [1.29, 1.82) is 0 Å². The monoisotopic (exact) mass is 462 g/mol. The third-order valence-corrected chi connectivity index (χ3v) is 6.91. The maximum atomic E-state index is 13.4. The Labute approximate surface area is 196 Å². The van der Waals surface area contributed by atoms with Gasteiger partial charge in [0.15, 0.2) is 17.3 Å². The molecule has 3 aromatic rings. The number of carbonyl (C=O) groups is 2. The lowest BCUT2D eigenvalue weighted by molar-refractivity contribution is -0.286. The third-order valence-electron chi connectivity index (χ3n) is 6.91. The summed E-state index contributed by atoms with van der Waals surface area (Å²) < 4.78 is 35.9. The number of rotatable bonds is 6. The largest absolute Gasteiger partial charge is 0.586 e. The number of Topliss-reactive ketones (excluding diaryl/α,β-unsaturated/α-hetero) is 2. The van der Waals surface area contributed by atoms with Crippen molar-refractivity contribution in [3.63, 3.8) is 0 Å². The van der Waals surface area contributed by atoms with Gasteiger partial charge in [0.1, 0.15) is 5.78 Å². The summed E-state index contributed by atoms with van der Waals surface area (Å²) in [5, 5.41) is 0. The van der Waals surface area contributed by atoms with Crippen molar-refractivity contribution in [2.75, 3.05) is 0 Å². The second-order valence-corrected chi connectivity index (χ2v) is 9.19. The van der Waals surface area contributed by atoms with E-state index in [2.05, 4.69) is 9.47 Å². The number of aryl methyl sites for hydroxylation is 1. The first kappa shape index (κ1) is 22.3. The van der Waals surface area contributed by atoms with Crippen LogP contribution in [-0.2, 0) is 16.6 Å². The summed E-state index contributed by atoms with van der Waals surface area (Å²) in [5.41, 5.74) is 5.47. The van der Waals surface area contributed by atoms with Crippen molar-refractivity contribution in [2.45, 2.75) is 51.7 Å². The maximum Gasteiger partial charge on any atom is 0.586 e. The first-order valence-corrected chi connectivity index (χ1v) is 11.2. The van der Waals surface area contributed by atoms with Gasteiger partial charge in [-0.1, -0.05) is 42.5 Å². The second-order valence-electron chi connectivity index (χ2n) is 9.19. The molecule has 0 radical (unpaired) electrons. The molecule has 1 saturated carbocycles. The summed E-state index contributed by atoms with van der Waals surface area (Å²) in [4.78, 5) is 25.4. The summed E-state index contributed by atoms with van der Waals surface area (Å²) in [6.07, 6.45) is -2.12. The molecule has 174 valence electrons. The molecule has 5 rings (SSSR count). The highest BCUT2D eigenvalue weighted by Gasteiger charge is 2.52. The Hall–Kier alpha value is -3.54. The van der Waals surface area contributed by atoms with Gasteiger partial charge in [-0.15, -0.1) is 8.78 Å². The van der Waals surface area contributed by atoms with Crippen molar-refractivity contribution in [3.05, 3.63) is 82.4 Å². The van der Waals surface area contributed by atoms with E-state index in [0.717, 1.165) is 27.8 Å². The lowest BCUT2D eigenvalue weighted by Crippen LogP contribution is -2.26. The quantitative estimate of drug-likeness (QED) is 0.401. The Balaban J connectivity index is 1.43. The highest BCUT2D eigenvalue weighted by Crippen LogP contribution is 2.52. The highest BCUT2D eigenvalue weighted by molar-refractivity contribution is 5.98. The summed E-state index contributed by atoms with van der Waals surface area (Å²) in [6.45, 7) is 5.50. The molecule has 0 atom stereocenters. The molecule has 4 nitrogen and oxygen atoms in total. The van der Waals surface area contributed by atoms with Gasteiger partial charge in [0.2, 0.25) is 0 Å². The Bertz CT molecular complexity index is 1340. The van der Waals surface area contributed by atoms with Crippen LogP contribution in [0.15, 0.2) is 54.6 Å². The molecule has 1 heterocycles. The van der Waals surface area contributed by atoms with Crippen LogP contribution in [0.25, 0.3) is 11.1 Å². The molecular formula is C28H24F2O4. The molecule has 6 heteroatoms. The molecular weight excluding hydrogens is 438 g/mol. The Morgan fingerprint density at radius 1 is 0.912 bits per heavy atom. The van der Waals surface area contributed by atoms with Gasteiger partial charge < -0.3 is 9.47 Å². The van der Waals surface area contributed by atoms with Crippen LogP contribution in [0.4, 0.5) is 8.78 Å². The third kappa shape index (κ3) is 3.77. The molecule has 1 aliphatic carbocycles. The number of ether oxygens (including phenoxy) is 2. The van der Waals surface area contributed by atoms with Crippen molar-refractivity contribution in [2.24, 2.45) is 0 Å². The number of benzene rings is 3. The topological polar surface area (TPSA) is 52.6 Å². The van der Waals surface area contributed by atoms with Gasteiger partial charge in [-0.3, -0.25) is 9.59 Å². The zero-order valence-electron chi connectivity index (χ0n) is 19.2. The molecule has 0 saturated heterocycles. The van der Waals surface area contributed by atoms with Gasteiger partial charge in [-0.25, -0.2) is 0 Å². The van der Waals surface area contributed by atoms with Gasteiger partial charge in [0, 0.05) is 12.0 Å². The van der Waals surface area contributed by atoms with E-state index in [4.69, 9.17) is 0 Å². The SMILES string of the molecule is CC(=O)c1cccc(-c2cc(CC(=O)C3(c4ccc5c(c4)OC(F)(F)O5)CC3)ccc2C)c1C. The molecule has 0 unspecified atom stereocenters. The fourth-order valence-electron chi connectivity index (χ4n) is 4.83. The van der Waals surface area contributed by atoms with Crippen LogP contribution in [0.1, 0.15) is 52.4 Å². The average Bonchev–Trinajstić information content (AvgIpc) is 3.52. The molecule has 0 spiro atoms. The Morgan fingerprint density at radius 2 is 1.65 bits per heavy atom. The van der Waals surface area contributed by atoms with E-state index in [1.807, 2.05) is 50.2 Å².